The normalized spacial score (nSPS) is 12.8. The molecule has 0 bridgehead atoms. The molecule has 1 aromatic carbocycles. The smallest absolute Gasteiger partial charge is 0.253 e. The van der Waals surface area contributed by atoms with Gasteiger partial charge in [-0.05, 0) is 43.2 Å². The quantitative estimate of drug-likeness (QED) is 0.729. The molecule has 0 aliphatic heterocycles. The van der Waals surface area contributed by atoms with Gasteiger partial charge in [0.05, 0.1) is 11.6 Å². The predicted molar refractivity (Wildman–Crippen MR) is 99.8 cm³/mol. The van der Waals surface area contributed by atoms with Crippen molar-refractivity contribution in [3.05, 3.63) is 89.9 Å². The minimum Gasteiger partial charge on any atom is -0.470 e. The second-order valence-electron chi connectivity index (χ2n) is 6.03. The van der Waals surface area contributed by atoms with Crippen molar-refractivity contribution in [2.45, 2.75) is 26.0 Å². The van der Waals surface area contributed by atoms with Gasteiger partial charge in [-0.1, -0.05) is 30.3 Å². The Morgan fingerprint density at radius 1 is 0.962 bits per heavy atom. The van der Waals surface area contributed by atoms with Crippen molar-refractivity contribution >= 4 is 5.91 Å². The van der Waals surface area contributed by atoms with E-state index in [1.165, 1.54) is 6.20 Å². The molecule has 0 spiro atoms. The van der Waals surface area contributed by atoms with E-state index >= 15 is 0 Å². The van der Waals surface area contributed by atoms with Gasteiger partial charge < -0.3 is 10.1 Å². The Labute approximate surface area is 153 Å². The molecule has 5 heteroatoms. The monoisotopic (exact) mass is 347 g/mol. The van der Waals surface area contributed by atoms with Crippen molar-refractivity contribution in [1.82, 2.24) is 15.3 Å². The van der Waals surface area contributed by atoms with Gasteiger partial charge in [0.25, 0.3) is 5.91 Å². The molecule has 2 heterocycles. The minimum atomic E-state index is -0.176. The Hall–Kier alpha value is -3.21. The maximum atomic E-state index is 12.4. The van der Waals surface area contributed by atoms with Crippen molar-refractivity contribution in [1.29, 1.82) is 0 Å². The number of nitrogens with one attached hydrogen (secondary N) is 1. The van der Waals surface area contributed by atoms with Gasteiger partial charge in [0, 0.05) is 24.7 Å². The Morgan fingerprint density at radius 2 is 1.69 bits per heavy atom. The molecule has 2 aromatic heterocycles. The number of carbonyl (C=O) groups is 1. The third kappa shape index (κ3) is 4.45. The van der Waals surface area contributed by atoms with Crippen LogP contribution in [0.3, 0.4) is 0 Å². The van der Waals surface area contributed by atoms with E-state index in [-0.39, 0.29) is 18.1 Å². The molecule has 5 nitrogen and oxygen atoms in total. The molecule has 0 saturated heterocycles. The van der Waals surface area contributed by atoms with Crippen LogP contribution in [-0.2, 0) is 0 Å². The first-order valence-electron chi connectivity index (χ1n) is 8.52. The summed E-state index contributed by atoms with van der Waals surface area (Å²) in [7, 11) is 0. The Morgan fingerprint density at radius 3 is 2.35 bits per heavy atom. The predicted octanol–water partition coefficient (Wildman–Crippen LogP) is 4.11. The number of amides is 1. The van der Waals surface area contributed by atoms with Crippen LogP contribution in [0.2, 0.25) is 0 Å². The van der Waals surface area contributed by atoms with E-state index in [1.54, 1.807) is 24.5 Å². The zero-order valence-corrected chi connectivity index (χ0v) is 14.8. The van der Waals surface area contributed by atoms with Crippen molar-refractivity contribution in [3.8, 4) is 5.88 Å². The first kappa shape index (κ1) is 17.6. The van der Waals surface area contributed by atoms with Gasteiger partial charge in [-0.15, -0.1) is 0 Å². The highest BCUT2D eigenvalue weighted by atomic mass is 16.5. The van der Waals surface area contributed by atoms with Crippen LogP contribution in [0.15, 0.2) is 73.2 Å². The van der Waals surface area contributed by atoms with Crippen molar-refractivity contribution < 1.29 is 9.53 Å². The number of nitrogens with zero attached hydrogens (tertiary/aromatic N) is 2. The number of aromatic nitrogens is 2. The zero-order valence-electron chi connectivity index (χ0n) is 14.8. The number of carbonyl (C=O) groups excluding carboxylic acids is 1. The molecule has 0 saturated carbocycles. The summed E-state index contributed by atoms with van der Waals surface area (Å²) in [4.78, 5) is 20.6. The van der Waals surface area contributed by atoms with E-state index in [0.29, 0.717) is 11.4 Å². The molecule has 3 aromatic rings. The van der Waals surface area contributed by atoms with E-state index < -0.39 is 0 Å². The lowest BCUT2D eigenvalue weighted by Gasteiger charge is -2.15. The minimum absolute atomic E-state index is 0.112. The van der Waals surface area contributed by atoms with Crippen LogP contribution in [0.4, 0.5) is 0 Å². The van der Waals surface area contributed by atoms with E-state index in [9.17, 15) is 4.79 Å². The van der Waals surface area contributed by atoms with E-state index in [1.807, 2.05) is 56.3 Å². The van der Waals surface area contributed by atoms with Crippen LogP contribution < -0.4 is 10.1 Å². The highest BCUT2D eigenvalue weighted by molar-refractivity contribution is 5.94. The lowest BCUT2D eigenvalue weighted by Crippen LogP contribution is -2.26. The van der Waals surface area contributed by atoms with Gasteiger partial charge in [-0.3, -0.25) is 9.78 Å². The molecule has 0 aliphatic rings. The summed E-state index contributed by atoms with van der Waals surface area (Å²) in [5.74, 6) is 0.310. The summed E-state index contributed by atoms with van der Waals surface area (Å²) < 4.78 is 5.84. The van der Waals surface area contributed by atoms with Gasteiger partial charge in [0.1, 0.15) is 6.10 Å². The molecule has 0 radical (unpaired) electrons. The molecule has 132 valence electrons. The Balaban J connectivity index is 1.61. The number of hydrogen-bond donors (Lipinski definition) is 1. The molecular weight excluding hydrogens is 326 g/mol. The van der Waals surface area contributed by atoms with E-state index in [2.05, 4.69) is 15.3 Å². The highest BCUT2D eigenvalue weighted by Gasteiger charge is 2.13. The summed E-state index contributed by atoms with van der Waals surface area (Å²) in [6.45, 7) is 3.90. The average molecular weight is 347 g/mol. The zero-order chi connectivity index (χ0) is 18.4. The molecule has 1 N–H and O–H groups in total. The summed E-state index contributed by atoms with van der Waals surface area (Å²) in [5.41, 5.74) is 2.56. The molecular formula is C21H21N3O2. The van der Waals surface area contributed by atoms with Crippen LogP contribution in [0.1, 0.15) is 47.5 Å². The van der Waals surface area contributed by atoms with E-state index in [0.717, 1.165) is 11.1 Å². The molecule has 2 unspecified atom stereocenters. The van der Waals surface area contributed by atoms with Crippen LogP contribution >= 0.6 is 0 Å². The SMILES string of the molecule is CC(NC(=O)c1ccc(OC(C)c2ccccc2)nc1)c1ccncc1. The second-order valence-corrected chi connectivity index (χ2v) is 6.03. The fourth-order valence-corrected chi connectivity index (χ4v) is 2.57. The summed E-state index contributed by atoms with van der Waals surface area (Å²) in [6.07, 6.45) is 4.83. The van der Waals surface area contributed by atoms with Crippen LogP contribution in [0.5, 0.6) is 5.88 Å². The molecule has 3 rings (SSSR count). The maximum Gasteiger partial charge on any atom is 0.253 e. The van der Waals surface area contributed by atoms with Crippen LogP contribution in [-0.4, -0.2) is 15.9 Å². The number of pyridine rings is 2. The fourth-order valence-electron chi connectivity index (χ4n) is 2.57. The van der Waals surface area contributed by atoms with Crippen LogP contribution in [0.25, 0.3) is 0 Å². The maximum absolute atomic E-state index is 12.4. The molecule has 0 fully saturated rings. The number of rotatable bonds is 6. The highest BCUT2D eigenvalue weighted by Crippen LogP contribution is 2.20. The van der Waals surface area contributed by atoms with E-state index in [4.69, 9.17) is 4.74 Å². The molecule has 1 amide bonds. The molecule has 26 heavy (non-hydrogen) atoms. The van der Waals surface area contributed by atoms with Gasteiger partial charge in [0.15, 0.2) is 0 Å². The standard InChI is InChI=1S/C21H21N3O2/c1-15(17-10-12-22-13-11-17)24-21(25)19-8-9-20(23-14-19)26-16(2)18-6-4-3-5-7-18/h3-16H,1-2H3,(H,24,25). The van der Waals surface area contributed by atoms with Gasteiger partial charge in [-0.25, -0.2) is 4.98 Å². The molecule has 0 aliphatic carbocycles. The Bertz CT molecular complexity index is 836. The van der Waals surface area contributed by atoms with Crippen molar-refractivity contribution in [2.24, 2.45) is 0 Å². The molecule has 2 atom stereocenters. The first-order valence-corrected chi connectivity index (χ1v) is 8.52. The van der Waals surface area contributed by atoms with Crippen molar-refractivity contribution in [2.75, 3.05) is 0 Å². The summed E-state index contributed by atoms with van der Waals surface area (Å²) >= 11 is 0. The van der Waals surface area contributed by atoms with Crippen LogP contribution in [0, 0.1) is 0 Å². The lowest BCUT2D eigenvalue weighted by atomic mass is 10.1. The first-order chi connectivity index (χ1) is 12.6. The Kier molecular flexibility index (Phi) is 5.59. The third-order valence-corrected chi connectivity index (χ3v) is 4.12. The average Bonchev–Trinajstić information content (AvgIpc) is 2.69. The number of ether oxygens (including phenoxy) is 1. The topological polar surface area (TPSA) is 64.1 Å². The largest absolute Gasteiger partial charge is 0.470 e. The van der Waals surface area contributed by atoms with Gasteiger partial charge in [-0.2, -0.15) is 0 Å². The summed E-state index contributed by atoms with van der Waals surface area (Å²) in [6, 6.07) is 17.0. The van der Waals surface area contributed by atoms with Crippen molar-refractivity contribution in [3.63, 3.8) is 0 Å². The third-order valence-electron chi connectivity index (χ3n) is 4.12. The van der Waals surface area contributed by atoms with Gasteiger partial charge in [0.2, 0.25) is 5.88 Å². The summed E-state index contributed by atoms with van der Waals surface area (Å²) in [5, 5.41) is 2.95. The number of benzene rings is 1. The second kappa shape index (κ2) is 8.25. The number of hydrogen-bond acceptors (Lipinski definition) is 4. The fraction of sp³-hybridized carbons (Fsp3) is 0.190. The van der Waals surface area contributed by atoms with Gasteiger partial charge >= 0.3 is 0 Å². The lowest BCUT2D eigenvalue weighted by molar-refractivity contribution is 0.0939.